The van der Waals surface area contributed by atoms with Gasteiger partial charge < -0.3 is 5.11 Å². The predicted molar refractivity (Wildman–Crippen MR) is 37.5 cm³/mol. The summed E-state index contributed by atoms with van der Waals surface area (Å²) in [6.45, 7) is -0.171. The summed E-state index contributed by atoms with van der Waals surface area (Å²) in [5, 5.41) is 8.16. The van der Waals surface area contributed by atoms with Gasteiger partial charge in [-0.25, -0.2) is 0 Å². The standard InChI is InChI=1S/C7H5F11O/c1-2(19)3(8,9)4(10,11)5(12,13)6(14,15)7(16,17)18/h2,19H,1H3/i1+2. The summed E-state index contributed by atoms with van der Waals surface area (Å²) >= 11 is 0. The van der Waals surface area contributed by atoms with E-state index in [1.807, 2.05) is 0 Å². The van der Waals surface area contributed by atoms with Crippen molar-refractivity contribution in [3.05, 3.63) is 0 Å². The third-order valence-electron chi connectivity index (χ3n) is 2.09. The number of alkyl halides is 11. The van der Waals surface area contributed by atoms with Crippen molar-refractivity contribution in [2.45, 2.75) is 42.9 Å². The van der Waals surface area contributed by atoms with Gasteiger partial charge in [-0.15, -0.1) is 0 Å². The highest BCUT2D eigenvalue weighted by atomic mass is 19.4. The lowest BCUT2D eigenvalue weighted by Gasteiger charge is -2.38. The minimum Gasteiger partial charge on any atom is -0.387 e. The van der Waals surface area contributed by atoms with E-state index in [9.17, 15) is 48.3 Å². The second-order valence-corrected chi connectivity index (χ2v) is 3.52. The normalized spacial score (nSPS) is 17.5. The second-order valence-electron chi connectivity index (χ2n) is 3.52. The molecule has 0 aromatic rings. The van der Waals surface area contributed by atoms with Crippen LogP contribution in [0.5, 0.6) is 0 Å². The third-order valence-corrected chi connectivity index (χ3v) is 2.09. The first-order valence-electron chi connectivity index (χ1n) is 4.20. The topological polar surface area (TPSA) is 20.2 Å². The van der Waals surface area contributed by atoms with E-state index >= 15 is 0 Å². The first-order valence-corrected chi connectivity index (χ1v) is 4.20. The van der Waals surface area contributed by atoms with Crippen molar-refractivity contribution in [3.63, 3.8) is 0 Å². The Kier molecular flexibility index (Phi) is 4.16. The lowest BCUT2D eigenvalue weighted by molar-refractivity contribution is -0.427. The van der Waals surface area contributed by atoms with Crippen molar-refractivity contribution >= 4 is 0 Å². The van der Waals surface area contributed by atoms with Gasteiger partial charge in [0.2, 0.25) is 0 Å². The van der Waals surface area contributed by atoms with Crippen LogP contribution in [0.1, 0.15) is 6.92 Å². The second kappa shape index (κ2) is 4.35. The van der Waals surface area contributed by atoms with E-state index in [4.69, 9.17) is 5.11 Å². The summed E-state index contributed by atoms with van der Waals surface area (Å²) in [5.41, 5.74) is 0. The Morgan fingerprint density at radius 1 is 0.632 bits per heavy atom. The van der Waals surface area contributed by atoms with E-state index in [0.717, 1.165) is 0 Å². The molecule has 0 aromatic carbocycles. The van der Waals surface area contributed by atoms with Crippen LogP contribution in [0.25, 0.3) is 0 Å². The number of aliphatic hydroxyl groups is 1. The fourth-order valence-corrected chi connectivity index (χ4v) is 0.847. The fourth-order valence-electron chi connectivity index (χ4n) is 0.847. The molecule has 0 bridgehead atoms. The van der Waals surface area contributed by atoms with Crippen LogP contribution in [0.15, 0.2) is 0 Å². The molecule has 0 fully saturated rings. The first kappa shape index (κ1) is 18.2. The Bertz CT molecular complexity index is 328. The van der Waals surface area contributed by atoms with E-state index in [0.29, 0.717) is 0 Å². The molecule has 1 nitrogen and oxygen atoms in total. The molecule has 0 saturated heterocycles. The van der Waals surface area contributed by atoms with Crippen LogP contribution in [0.2, 0.25) is 0 Å². The molecule has 0 aliphatic heterocycles. The number of hydrogen-bond acceptors (Lipinski definition) is 1. The van der Waals surface area contributed by atoms with Crippen LogP contribution in [0.4, 0.5) is 48.3 Å². The van der Waals surface area contributed by atoms with Crippen LogP contribution in [-0.4, -0.2) is 41.1 Å². The van der Waals surface area contributed by atoms with Crippen molar-refractivity contribution in [1.82, 2.24) is 0 Å². The van der Waals surface area contributed by atoms with Crippen LogP contribution < -0.4 is 0 Å². The smallest absolute Gasteiger partial charge is 0.387 e. The molecule has 0 aromatic heterocycles. The quantitative estimate of drug-likeness (QED) is 0.788. The molecule has 0 amide bonds. The van der Waals surface area contributed by atoms with Crippen molar-refractivity contribution < 1.29 is 53.4 Å². The highest BCUT2D eigenvalue weighted by Crippen LogP contribution is 2.57. The molecule has 1 unspecified atom stereocenters. The lowest BCUT2D eigenvalue weighted by Crippen LogP contribution is -2.68. The Morgan fingerprint density at radius 3 is 1.16 bits per heavy atom. The Hall–Kier alpha value is -0.810. The average Bonchev–Trinajstić information content (AvgIpc) is 2.14. The molecule has 0 radical (unpaired) electrons. The minimum atomic E-state index is -7.46. The highest BCUT2D eigenvalue weighted by Gasteiger charge is 2.87. The molecule has 19 heavy (non-hydrogen) atoms. The molecule has 12 heteroatoms. The monoisotopic (exact) mass is 316 g/mol. The van der Waals surface area contributed by atoms with Crippen molar-refractivity contribution in [2.24, 2.45) is 0 Å². The average molecular weight is 316 g/mol. The Labute approximate surface area is 97.5 Å². The lowest BCUT2D eigenvalue weighted by atomic mass is 9.97. The Morgan fingerprint density at radius 2 is 0.947 bits per heavy atom. The van der Waals surface area contributed by atoms with Crippen molar-refractivity contribution in [1.29, 1.82) is 0 Å². The molecule has 0 heterocycles. The maximum Gasteiger partial charge on any atom is 0.460 e. The fraction of sp³-hybridized carbons (Fsp3) is 1.00. The van der Waals surface area contributed by atoms with Gasteiger partial charge in [-0.1, -0.05) is 0 Å². The SMILES string of the molecule is [14CH3]C(O)C(F)(F)C(F)(F)C(F)(F)C(F)(F)C(F)(F)F. The zero-order valence-electron chi connectivity index (χ0n) is 8.68. The van der Waals surface area contributed by atoms with E-state index in [1.54, 1.807) is 0 Å². The van der Waals surface area contributed by atoms with Gasteiger partial charge in [-0.3, -0.25) is 0 Å². The third kappa shape index (κ3) is 2.34. The van der Waals surface area contributed by atoms with E-state index < -0.39 is 36.0 Å². The zero-order chi connectivity index (χ0) is 16.1. The van der Waals surface area contributed by atoms with Gasteiger partial charge in [0.15, 0.2) is 0 Å². The van der Waals surface area contributed by atoms with Gasteiger partial charge in [0.1, 0.15) is 6.10 Å². The summed E-state index contributed by atoms with van der Waals surface area (Å²) < 4.78 is 135. The van der Waals surface area contributed by atoms with Crippen LogP contribution in [0, 0.1) is 0 Å². The van der Waals surface area contributed by atoms with E-state index in [1.165, 1.54) is 0 Å². The number of halogens is 11. The van der Waals surface area contributed by atoms with Gasteiger partial charge in [0, 0.05) is 0 Å². The molecule has 0 aliphatic carbocycles. The molecule has 0 aliphatic rings. The number of aliphatic hydroxyl groups excluding tert-OH is 1. The zero-order valence-corrected chi connectivity index (χ0v) is 8.68. The molecule has 0 rings (SSSR count). The maximum atomic E-state index is 12.6. The molecule has 0 spiro atoms. The van der Waals surface area contributed by atoms with Gasteiger partial charge in [-0.2, -0.15) is 48.3 Å². The molecule has 1 N–H and O–H groups in total. The van der Waals surface area contributed by atoms with Crippen molar-refractivity contribution in [3.8, 4) is 0 Å². The summed E-state index contributed by atoms with van der Waals surface area (Å²) in [6, 6.07) is 0. The summed E-state index contributed by atoms with van der Waals surface area (Å²) in [6.07, 6.45) is -10.8. The van der Waals surface area contributed by atoms with Crippen LogP contribution in [0.3, 0.4) is 0 Å². The van der Waals surface area contributed by atoms with Crippen LogP contribution in [-0.2, 0) is 0 Å². The largest absolute Gasteiger partial charge is 0.460 e. The summed E-state index contributed by atoms with van der Waals surface area (Å²) in [7, 11) is 0. The van der Waals surface area contributed by atoms with E-state index in [-0.39, 0.29) is 6.92 Å². The number of hydrogen-bond donors (Lipinski definition) is 1. The summed E-state index contributed by atoms with van der Waals surface area (Å²) in [5.74, 6) is -28.2. The van der Waals surface area contributed by atoms with Crippen molar-refractivity contribution in [2.75, 3.05) is 0 Å². The summed E-state index contributed by atoms with van der Waals surface area (Å²) in [4.78, 5) is 0. The maximum absolute atomic E-state index is 12.6. The first-order chi connectivity index (χ1) is 7.94. The van der Waals surface area contributed by atoms with E-state index in [2.05, 4.69) is 0 Å². The molecular weight excluding hydrogens is 311 g/mol. The Balaban J connectivity index is 5.92. The molecule has 1 atom stereocenters. The predicted octanol–water partition coefficient (Wildman–Crippen LogP) is 3.47. The van der Waals surface area contributed by atoms with Crippen LogP contribution >= 0.6 is 0 Å². The minimum absolute atomic E-state index is 0.171. The highest BCUT2D eigenvalue weighted by molar-refractivity contribution is 5.07. The molecular formula is C7H5F11O. The van der Waals surface area contributed by atoms with Gasteiger partial charge in [0.05, 0.1) is 0 Å². The van der Waals surface area contributed by atoms with Gasteiger partial charge >= 0.3 is 29.9 Å². The molecule has 116 valence electrons. The molecule has 0 saturated carbocycles. The number of rotatable bonds is 4. The van der Waals surface area contributed by atoms with Gasteiger partial charge in [0.25, 0.3) is 0 Å². The van der Waals surface area contributed by atoms with Gasteiger partial charge in [-0.05, 0) is 6.92 Å².